The summed E-state index contributed by atoms with van der Waals surface area (Å²) in [6.07, 6.45) is 0.227. The number of carbonyl (C=O) groups is 3. The topological polar surface area (TPSA) is 69.7 Å². The van der Waals surface area contributed by atoms with Gasteiger partial charge in [0, 0.05) is 6.42 Å². The molecule has 0 radical (unpaired) electrons. The number of ketones is 2. The molecule has 0 bridgehead atoms. The summed E-state index contributed by atoms with van der Waals surface area (Å²) < 4.78 is 10.1. The predicted molar refractivity (Wildman–Crippen MR) is 81.8 cm³/mol. The highest BCUT2D eigenvalue weighted by molar-refractivity contribution is 6.04. The van der Waals surface area contributed by atoms with Gasteiger partial charge in [0.2, 0.25) is 0 Å². The number of hydrogen-bond donors (Lipinski definition) is 0. The molecule has 2 unspecified atom stereocenters. The van der Waals surface area contributed by atoms with Crippen LogP contribution in [0.4, 0.5) is 0 Å². The number of Topliss-reactive ketones (excluding diaryl/α,β-unsaturated/α-hetero) is 2. The summed E-state index contributed by atoms with van der Waals surface area (Å²) in [5, 5.41) is 0. The van der Waals surface area contributed by atoms with E-state index in [-0.39, 0.29) is 24.6 Å². The maximum absolute atomic E-state index is 12.4. The average Bonchev–Trinajstić information content (AvgIpc) is 2.51. The fraction of sp³-hybridized carbons (Fsp3) is 0.471. The maximum Gasteiger partial charge on any atom is 0.317 e. The summed E-state index contributed by atoms with van der Waals surface area (Å²) in [4.78, 5) is 36.5. The van der Waals surface area contributed by atoms with Gasteiger partial charge in [0.25, 0.3) is 0 Å². The molecule has 1 aromatic carbocycles. The standard InChI is InChI=1S/C17H22O5/c1-5-14(19)16(12-8-7-9-13(10-12)21-4)15(11(3)18)17(20)22-6-2/h7-10,15-16H,5-6H2,1-4H3. The molecule has 0 heterocycles. The Balaban J connectivity index is 3.33. The Hall–Kier alpha value is -2.17. The molecule has 0 aliphatic carbocycles. The summed E-state index contributed by atoms with van der Waals surface area (Å²) >= 11 is 0. The van der Waals surface area contributed by atoms with Gasteiger partial charge in [0.05, 0.1) is 19.6 Å². The Labute approximate surface area is 130 Å². The van der Waals surface area contributed by atoms with Gasteiger partial charge < -0.3 is 9.47 Å². The van der Waals surface area contributed by atoms with Crippen LogP contribution in [-0.2, 0) is 19.1 Å². The van der Waals surface area contributed by atoms with Crippen LogP contribution in [0.15, 0.2) is 24.3 Å². The Morgan fingerprint density at radius 1 is 1.18 bits per heavy atom. The molecule has 0 aromatic heterocycles. The van der Waals surface area contributed by atoms with Crippen LogP contribution >= 0.6 is 0 Å². The largest absolute Gasteiger partial charge is 0.497 e. The number of methoxy groups -OCH3 is 1. The fourth-order valence-electron chi connectivity index (χ4n) is 2.39. The Morgan fingerprint density at radius 2 is 1.86 bits per heavy atom. The third-order valence-electron chi connectivity index (χ3n) is 3.46. The van der Waals surface area contributed by atoms with Crippen LogP contribution < -0.4 is 4.74 Å². The van der Waals surface area contributed by atoms with Gasteiger partial charge in [-0.1, -0.05) is 19.1 Å². The van der Waals surface area contributed by atoms with Crippen molar-refractivity contribution in [2.75, 3.05) is 13.7 Å². The molecule has 5 heteroatoms. The van der Waals surface area contributed by atoms with Crippen molar-refractivity contribution in [2.24, 2.45) is 5.92 Å². The first-order valence-corrected chi connectivity index (χ1v) is 7.29. The third kappa shape index (κ3) is 4.16. The number of rotatable bonds is 8. The zero-order valence-corrected chi connectivity index (χ0v) is 13.4. The molecule has 2 atom stereocenters. The van der Waals surface area contributed by atoms with Crippen LogP contribution in [0.2, 0.25) is 0 Å². The van der Waals surface area contributed by atoms with Crippen molar-refractivity contribution in [1.29, 1.82) is 0 Å². The van der Waals surface area contributed by atoms with Gasteiger partial charge in [-0.05, 0) is 31.5 Å². The minimum atomic E-state index is -1.13. The Morgan fingerprint density at radius 3 is 2.36 bits per heavy atom. The van der Waals surface area contributed by atoms with E-state index in [1.165, 1.54) is 14.0 Å². The molecule has 0 saturated carbocycles. The summed E-state index contributed by atoms with van der Waals surface area (Å²) in [6.45, 7) is 4.83. The molecular weight excluding hydrogens is 284 g/mol. The molecule has 0 saturated heterocycles. The minimum absolute atomic E-state index is 0.160. The van der Waals surface area contributed by atoms with Gasteiger partial charge in [-0.2, -0.15) is 0 Å². The first kappa shape index (κ1) is 17.9. The van der Waals surface area contributed by atoms with E-state index < -0.39 is 17.8 Å². The van der Waals surface area contributed by atoms with Crippen LogP contribution in [0.1, 0.15) is 38.7 Å². The van der Waals surface area contributed by atoms with E-state index in [4.69, 9.17) is 9.47 Å². The number of benzene rings is 1. The van der Waals surface area contributed by atoms with Crippen LogP contribution in [0.3, 0.4) is 0 Å². The molecule has 0 fully saturated rings. The van der Waals surface area contributed by atoms with Gasteiger partial charge in [-0.3, -0.25) is 14.4 Å². The molecule has 22 heavy (non-hydrogen) atoms. The summed E-state index contributed by atoms with van der Waals surface area (Å²) in [6, 6.07) is 6.86. The van der Waals surface area contributed by atoms with Crippen molar-refractivity contribution in [1.82, 2.24) is 0 Å². The van der Waals surface area contributed by atoms with Gasteiger partial charge >= 0.3 is 5.97 Å². The lowest BCUT2D eigenvalue weighted by molar-refractivity contribution is -0.154. The maximum atomic E-state index is 12.4. The molecule has 0 amide bonds. The quantitative estimate of drug-likeness (QED) is 0.545. The predicted octanol–water partition coefficient (Wildman–Crippen LogP) is 2.53. The highest BCUT2D eigenvalue weighted by atomic mass is 16.5. The number of hydrogen-bond acceptors (Lipinski definition) is 5. The van der Waals surface area contributed by atoms with Gasteiger partial charge in [-0.15, -0.1) is 0 Å². The summed E-state index contributed by atoms with van der Waals surface area (Å²) in [5.74, 6) is -2.63. The zero-order chi connectivity index (χ0) is 16.7. The van der Waals surface area contributed by atoms with E-state index in [2.05, 4.69) is 0 Å². The molecule has 0 aliphatic heterocycles. The van der Waals surface area contributed by atoms with Crippen LogP contribution in [-0.4, -0.2) is 31.3 Å². The number of carbonyl (C=O) groups excluding carboxylic acids is 3. The van der Waals surface area contributed by atoms with Crippen LogP contribution in [0.5, 0.6) is 5.75 Å². The highest BCUT2D eigenvalue weighted by Crippen LogP contribution is 2.31. The lowest BCUT2D eigenvalue weighted by Gasteiger charge is -2.23. The first-order valence-electron chi connectivity index (χ1n) is 7.29. The fourth-order valence-corrected chi connectivity index (χ4v) is 2.39. The minimum Gasteiger partial charge on any atom is -0.497 e. The van der Waals surface area contributed by atoms with Gasteiger partial charge in [-0.25, -0.2) is 0 Å². The average molecular weight is 306 g/mol. The second-order valence-corrected chi connectivity index (χ2v) is 4.91. The molecule has 0 aliphatic rings. The van der Waals surface area contributed by atoms with E-state index in [9.17, 15) is 14.4 Å². The van der Waals surface area contributed by atoms with Gasteiger partial charge in [0.1, 0.15) is 23.2 Å². The molecule has 120 valence electrons. The lowest BCUT2D eigenvalue weighted by atomic mass is 9.80. The third-order valence-corrected chi connectivity index (χ3v) is 3.46. The number of esters is 1. The summed E-state index contributed by atoms with van der Waals surface area (Å²) in [5.41, 5.74) is 0.583. The molecule has 0 spiro atoms. The van der Waals surface area contributed by atoms with Crippen molar-refractivity contribution in [3.8, 4) is 5.75 Å². The van der Waals surface area contributed by atoms with E-state index in [1.54, 1.807) is 38.1 Å². The van der Waals surface area contributed by atoms with Crippen molar-refractivity contribution in [2.45, 2.75) is 33.1 Å². The van der Waals surface area contributed by atoms with Crippen molar-refractivity contribution in [3.63, 3.8) is 0 Å². The second kappa shape index (κ2) is 8.32. The molecule has 5 nitrogen and oxygen atoms in total. The van der Waals surface area contributed by atoms with E-state index in [0.717, 1.165) is 0 Å². The second-order valence-electron chi connectivity index (χ2n) is 4.91. The van der Waals surface area contributed by atoms with Crippen molar-refractivity contribution >= 4 is 17.5 Å². The van der Waals surface area contributed by atoms with Gasteiger partial charge in [0.15, 0.2) is 0 Å². The lowest BCUT2D eigenvalue weighted by Crippen LogP contribution is -2.34. The zero-order valence-electron chi connectivity index (χ0n) is 13.4. The SMILES string of the molecule is CCOC(=O)C(C(C)=O)C(C(=O)CC)c1cccc(OC)c1. The molecule has 1 aromatic rings. The Kier molecular flexibility index (Phi) is 6.76. The Bertz CT molecular complexity index is 550. The van der Waals surface area contributed by atoms with Crippen molar-refractivity contribution < 1.29 is 23.9 Å². The monoisotopic (exact) mass is 306 g/mol. The van der Waals surface area contributed by atoms with Crippen molar-refractivity contribution in [3.05, 3.63) is 29.8 Å². The smallest absolute Gasteiger partial charge is 0.317 e. The molecule has 0 N–H and O–H groups in total. The van der Waals surface area contributed by atoms with E-state index in [1.807, 2.05) is 0 Å². The highest BCUT2D eigenvalue weighted by Gasteiger charge is 2.38. The van der Waals surface area contributed by atoms with E-state index in [0.29, 0.717) is 11.3 Å². The summed E-state index contributed by atoms with van der Waals surface area (Å²) in [7, 11) is 1.52. The normalized spacial score (nSPS) is 13.1. The molecule has 1 rings (SSSR count). The molecular formula is C17H22O5. The van der Waals surface area contributed by atoms with Crippen LogP contribution in [0.25, 0.3) is 0 Å². The van der Waals surface area contributed by atoms with E-state index >= 15 is 0 Å². The first-order chi connectivity index (χ1) is 10.5. The number of ether oxygens (including phenoxy) is 2. The van der Waals surface area contributed by atoms with Crippen LogP contribution in [0, 0.1) is 5.92 Å².